The molecule has 0 spiro atoms. The van der Waals surface area contributed by atoms with Gasteiger partial charge in [-0.15, -0.1) is 11.3 Å². The maximum Gasteiger partial charge on any atom is 0.143 e. The lowest BCUT2D eigenvalue weighted by atomic mass is 10.1. The number of hydrogen-bond donors (Lipinski definition) is 2. The number of aromatic hydroxyl groups is 1. The fraction of sp³-hybridized carbons (Fsp3) is 0.0769. The van der Waals surface area contributed by atoms with Crippen LogP contribution < -0.4 is 0 Å². The van der Waals surface area contributed by atoms with E-state index in [9.17, 15) is 10.2 Å². The first-order valence-corrected chi connectivity index (χ1v) is 7.68. The zero-order valence-corrected chi connectivity index (χ0v) is 13.1. The van der Waals surface area contributed by atoms with E-state index in [1.165, 1.54) is 11.3 Å². The van der Waals surface area contributed by atoms with Gasteiger partial charge in [0.15, 0.2) is 0 Å². The highest BCUT2D eigenvalue weighted by Crippen LogP contribution is 2.35. The van der Waals surface area contributed by atoms with Crippen LogP contribution in [0, 0.1) is 0 Å². The minimum absolute atomic E-state index is 0.0858. The quantitative estimate of drug-likeness (QED) is 0.715. The number of pyridine rings is 1. The first kappa shape index (κ1) is 13.8. The van der Waals surface area contributed by atoms with E-state index in [2.05, 4.69) is 25.9 Å². The molecule has 7 heteroatoms. The van der Waals surface area contributed by atoms with Gasteiger partial charge >= 0.3 is 0 Å². The third-order valence-electron chi connectivity index (χ3n) is 2.84. The van der Waals surface area contributed by atoms with Gasteiger partial charge in [-0.3, -0.25) is 0 Å². The van der Waals surface area contributed by atoms with E-state index in [-0.39, 0.29) is 12.4 Å². The van der Waals surface area contributed by atoms with Crippen molar-refractivity contribution in [3.8, 4) is 16.5 Å². The molecule has 4 nitrogen and oxygen atoms in total. The number of aliphatic hydroxyl groups excluding tert-OH is 1. The van der Waals surface area contributed by atoms with E-state index in [0.717, 1.165) is 0 Å². The number of thiazole rings is 1. The number of nitrogens with zero attached hydrogens (tertiary/aromatic N) is 2. The Bertz CT molecular complexity index is 806. The van der Waals surface area contributed by atoms with Gasteiger partial charge in [0.1, 0.15) is 21.1 Å². The second-order valence-electron chi connectivity index (χ2n) is 4.09. The first-order valence-electron chi connectivity index (χ1n) is 5.63. The fourth-order valence-corrected chi connectivity index (χ4v) is 3.37. The van der Waals surface area contributed by atoms with Crippen LogP contribution >= 0.6 is 38.9 Å². The van der Waals surface area contributed by atoms with Crippen molar-refractivity contribution in [2.45, 2.75) is 6.61 Å². The maximum absolute atomic E-state index is 10.1. The SMILES string of the molecule is OCc1ccc2c(O)cc(-c3nc(Br)cs3)nc2c1Cl. The van der Waals surface area contributed by atoms with Crippen LogP contribution in [0.2, 0.25) is 5.02 Å². The number of benzene rings is 1. The number of hydrogen-bond acceptors (Lipinski definition) is 5. The third kappa shape index (κ3) is 2.29. The van der Waals surface area contributed by atoms with Crippen molar-refractivity contribution in [1.82, 2.24) is 9.97 Å². The highest BCUT2D eigenvalue weighted by atomic mass is 79.9. The molecule has 0 fully saturated rings. The average molecular weight is 372 g/mol. The van der Waals surface area contributed by atoms with Crippen molar-refractivity contribution in [3.05, 3.63) is 38.8 Å². The van der Waals surface area contributed by atoms with E-state index in [1.54, 1.807) is 18.2 Å². The van der Waals surface area contributed by atoms with Crippen LogP contribution in [0.15, 0.2) is 28.2 Å². The smallest absolute Gasteiger partial charge is 0.143 e. The summed E-state index contributed by atoms with van der Waals surface area (Å²) in [6.45, 7) is -0.176. The molecule has 2 heterocycles. The standard InChI is InChI=1S/C13H8BrClN2O2S/c14-10-5-20-13(17-10)8-3-9(19)7-2-1-6(4-18)11(15)12(7)16-8/h1-3,5,18H,4H2,(H,16,19). The number of rotatable bonds is 2. The molecule has 0 saturated carbocycles. The monoisotopic (exact) mass is 370 g/mol. The molecule has 2 N–H and O–H groups in total. The van der Waals surface area contributed by atoms with Gasteiger partial charge in [-0.05, 0) is 27.6 Å². The summed E-state index contributed by atoms with van der Waals surface area (Å²) in [5, 5.41) is 22.8. The molecule has 1 aromatic carbocycles. The zero-order valence-electron chi connectivity index (χ0n) is 9.97. The van der Waals surface area contributed by atoms with Crippen LogP contribution in [0.4, 0.5) is 0 Å². The zero-order chi connectivity index (χ0) is 14.3. The molecule has 0 radical (unpaired) electrons. The van der Waals surface area contributed by atoms with Crippen molar-refractivity contribution in [2.24, 2.45) is 0 Å². The van der Waals surface area contributed by atoms with Crippen molar-refractivity contribution in [1.29, 1.82) is 0 Å². The summed E-state index contributed by atoms with van der Waals surface area (Å²) in [4.78, 5) is 8.72. The Hall–Kier alpha value is -1.21. The molecule has 0 aliphatic carbocycles. The molecule has 20 heavy (non-hydrogen) atoms. The van der Waals surface area contributed by atoms with Crippen molar-refractivity contribution in [2.75, 3.05) is 0 Å². The summed E-state index contributed by atoms with van der Waals surface area (Å²) >= 11 is 10.9. The Morgan fingerprint density at radius 3 is 2.75 bits per heavy atom. The predicted molar refractivity (Wildman–Crippen MR) is 83.1 cm³/mol. The van der Waals surface area contributed by atoms with E-state index in [1.807, 2.05) is 5.38 Å². The van der Waals surface area contributed by atoms with Crippen molar-refractivity contribution in [3.63, 3.8) is 0 Å². The fourth-order valence-electron chi connectivity index (χ4n) is 1.89. The number of aromatic nitrogens is 2. The van der Waals surface area contributed by atoms with Crippen molar-refractivity contribution >= 4 is 49.8 Å². The van der Waals surface area contributed by atoms with Gasteiger partial charge in [-0.2, -0.15) is 0 Å². The topological polar surface area (TPSA) is 66.2 Å². The lowest BCUT2D eigenvalue weighted by Crippen LogP contribution is -1.91. The van der Waals surface area contributed by atoms with Gasteiger partial charge in [-0.25, -0.2) is 9.97 Å². The van der Waals surface area contributed by atoms with E-state index >= 15 is 0 Å². The van der Waals surface area contributed by atoms with Gasteiger partial charge in [0.05, 0.1) is 17.1 Å². The predicted octanol–water partition coefficient (Wildman–Crippen LogP) is 3.97. The van der Waals surface area contributed by atoms with Crippen LogP contribution in [0.3, 0.4) is 0 Å². The number of aliphatic hydroxyl groups is 1. The van der Waals surface area contributed by atoms with Crippen LogP contribution in [0.5, 0.6) is 5.75 Å². The lowest BCUT2D eigenvalue weighted by molar-refractivity contribution is 0.282. The molecule has 0 aliphatic rings. The molecule has 0 amide bonds. The summed E-state index contributed by atoms with van der Waals surface area (Å²) < 4.78 is 0.717. The van der Waals surface area contributed by atoms with Gasteiger partial charge in [0.25, 0.3) is 0 Å². The Labute approximate surface area is 131 Å². The minimum Gasteiger partial charge on any atom is -0.507 e. The van der Waals surface area contributed by atoms with Gasteiger partial charge in [-0.1, -0.05) is 17.7 Å². The Morgan fingerprint density at radius 1 is 1.30 bits per heavy atom. The normalized spacial score (nSPS) is 11.2. The van der Waals surface area contributed by atoms with Crippen LogP contribution in [0.1, 0.15) is 5.56 Å². The highest BCUT2D eigenvalue weighted by Gasteiger charge is 2.14. The van der Waals surface area contributed by atoms with Crippen LogP contribution in [-0.2, 0) is 6.61 Å². The van der Waals surface area contributed by atoms with Crippen molar-refractivity contribution < 1.29 is 10.2 Å². The third-order valence-corrected chi connectivity index (χ3v) is 4.84. The molecule has 0 saturated heterocycles. The van der Waals surface area contributed by atoms with E-state index in [4.69, 9.17) is 11.6 Å². The van der Waals surface area contributed by atoms with E-state index < -0.39 is 0 Å². The molecule has 3 aromatic rings. The van der Waals surface area contributed by atoms with E-state index in [0.29, 0.717) is 36.8 Å². The van der Waals surface area contributed by atoms with Gasteiger partial charge < -0.3 is 10.2 Å². The first-order chi connectivity index (χ1) is 9.60. The minimum atomic E-state index is -0.176. The summed E-state index contributed by atoms with van der Waals surface area (Å²) in [7, 11) is 0. The molecule has 0 aliphatic heterocycles. The maximum atomic E-state index is 10.1. The molecule has 0 atom stereocenters. The largest absolute Gasteiger partial charge is 0.507 e. The molecule has 3 rings (SSSR count). The summed E-state index contributed by atoms with van der Waals surface area (Å²) in [6, 6.07) is 4.92. The molecular weight excluding hydrogens is 364 g/mol. The number of fused-ring (bicyclic) bond motifs is 1. The molecule has 102 valence electrons. The average Bonchev–Trinajstić information content (AvgIpc) is 2.86. The van der Waals surface area contributed by atoms with Crippen LogP contribution in [0.25, 0.3) is 21.6 Å². The summed E-state index contributed by atoms with van der Waals surface area (Å²) in [5.74, 6) is 0.0858. The molecule has 2 aromatic heterocycles. The molecular formula is C13H8BrClN2O2S. The number of halogens is 2. The second kappa shape index (κ2) is 5.29. The highest BCUT2D eigenvalue weighted by molar-refractivity contribution is 9.10. The second-order valence-corrected chi connectivity index (χ2v) is 6.14. The van der Waals surface area contributed by atoms with Gasteiger partial charge in [0, 0.05) is 16.8 Å². The Balaban J connectivity index is 2.29. The van der Waals surface area contributed by atoms with Gasteiger partial charge in [0.2, 0.25) is 0 Å². The Kier molecular flexibility index (Phi) is 3.64. The van der Waals surface area contributed by atoms with Crippen LogP contribution in [-0.4, -0.2) is 20.2 Å². The Morgan fingerprint density at radius 2 is 2.10 bits per heavy atom. The summed E-state index contributed by atoms with van der Waals surface area (Å²) in [6.07, 6.45) is 0. The lowest BCUT2D eigenvalue weighted by Gasteiger charge is -2.08. The molecule has 0 unspecified atom stereocenters. The summed E-state index contributed by atoms with van der Waals surface area (Å²) in [5.41, 5.74) is 1.57. The molecule has 0 bridgehead atoms.